The van der Waals surface area contributed by atoms with E-state index in [-0.39, 0.29) is 19.6 Å². The summed E-state index contributed by atoms with van der Waals surface area (Å²) in [6.07, 6.45) is 0. The van der Waals surface area contributed by atoms with Crippen LogP contribution in [0.4, 0.5) is 0 Å². The Morgan fingerprint density at radius 3 is 0.812 bits per heavy atom. The topological polar surface area (TPSA) is 0 Å². The van der Waals surface area contributed by atoms with Gasteiger partial charge in [-0.15, -0.1) is 23.2 Å². The molecular formula is C13H28Cl2Si. The third kappa shape index (κ3) is 2.47. The largest absolute Gasteiger partial charge is 0.109 e. The van der Waals surface area contributed by atoms with Gasteiger partial charge in [-0.2, -0.15) is 0 Å². The van der Waals surface area contributed by atoms with Gasteiger partial charge in [0, 0.05) is 0 Å². The summed E-state index contributed by atoms with van der Waals surface area (Å²) in [6, 6.07) is 0. The van der Waals surface area contributed by atoms with Crippen LogP contribution in [0.2, 0.25) is 15.1 Å². The van der Waals surface area contributed by atoms with E-state index < -0.39 is 8.07 Å². The van der Waals surface area contributed by atoms with Gasteiger partial charge in [0.05, 0.1) is 4.46 Å². The first kappa shape index (κ1) is 16.8. The van der Waals surface area contributed by atoms with E-state index in [0.29, 0.717) is 0 Å². The van der Waals surface area contributed by atoms with Gasteiger partial charge in [-0.25, -0.2) is 0 Å². The first-order valence-electron chi connectivity index (χ1n) is 5.98. The summed E-state index contributed by atoms with van der Waals surface area (Å²) in [7, 11) is -1.95. The highest BCUT2D eigenvalue weighted by molar-refractivity contribution is 6.99. The quantitative estimate of drug-likeness (QED) is 0.398. The lowest BCUT2D eigenvalue weighted by Gasteiger charge is -2.60. The van der Waals surface area contributed by atoms with E-state index >= 15 is 0 Å². The van der Waals surface area contributed by atoms with E-state index in [1.54, 1.807) is 0 Å². The zero-order chi connectivity index (χ0) is 13.6. The summed E-state index contributed by atoms with van der Waals surface area (Å²) in [4.78, 5) is 0. The lowest BCUT2D eigenvalue weighted by molar-refractivity contribution is 0.532. The minimum absolute atomic E-state index is 0.178. The molecule has 0 aliphatic heterocycles. The summed E-state index contributed by atoms with van der Waals surface area (Å²) in [5.41, 5.74) is 0. The first-order valence-corrected chi connectivity index (χ1v) is 8.93. The van der Waals surface area contributed by atoms with E-state index in [1.165, 1.54) is 0 Å². The van der Waals surface area contributed by atoms with Crippen LogP contribution in [-0.2, 0) is 0 Å². The van der Waals surface area contributed by atoms with Crippen molar-refractivity contribution in [3.63, 3.8) is 0 Å². The fourth-order valence-corrected chi connectivity index (χ4v) is 19.0. The average Bonchev–Trinajstić information content (AvgIpc) is 1.71. The molecule has 0 N–H and O–H groups in total. The van der Waals surface area contributed by atoms with Crippen LogP contribution >= 0.6 is 23.2 Å². The number of halogens is 2. The number of rotatable bonds is 1. The molecule has 0 bridgehead atoms. The van der Waals surface area contributed by atoms with Gasteiger partial charge in [-0.1, -0.05) is 62.3 Å². The molecule has 0 aromatic heterocycles. The van der Waals surface area contributed by atoms with Crippen molar-refractivity contribution in [1.82, 2.24) is 0 Å². The summed E-state index contributed by atoms with van der Waals surface area (Å²) in [6.45, 7) is 20.7. The van der Waals surface area contributed by atoms with Gasteiger partial charge in [0.25, 0.3) is 0 Å². The molecule has 16 heavy (non-hydrogen) atoms. The van der Waals surface area contributed by atoms with Crippen molar-refractivity contribution in [2.45, 2.75) is 81.9 Å². The molecule has 98 valence electrons. The monoisotopic (exact) mass is 282 g/mol. The minimum atomic E-state index is -1.95. The molecule has 0 amide bonds. The second-order valence-electron chi connectivity index (χ2n) is 7.86. The van der Waals surface area contributed by atoms with Gasteiger partial charge in [-0.05, 0) is 15.1 Å². The highest BCUT2D eigenvalue weighted by Gasteiger charge is 2.63. The molecule has 0 saturated heterocycles. The number of alkyl halides is 2. The molecular weight excluding hydrogens is 255 g/mol. The Morgan fingerprint density at radius 2 is 0.812 bits per heavy atom. The molecule has 0 spiro atoms. The SMILES string of the molecule is CC(C)(C)[Si](C(Cl)Cl)(C(C)(C)C)C(C)(C)C. The molecule has 0 atom stereocenters. The Morgan fingerprint density at radius 1 is 0.625 bits per heavy atom. The van der Waals surface area contributed by atoms with Crippen LogP contribution in [0.15, 0.2) is 0 Å². The van der Waals surface area contributed by atoms with Crippen LogP contribution in [-0.4, -0.2) is 12.5 Å². The second-order valence-corrected chi connectivity index (χ2v) is 16.4. The van der Waals surface area contributed by atoms with E-state index in [2.05, 4.69) is 62.3 Å². The summed E-state index contributed by atoms with van der Waals surface area (Å²) >= 11 is 13.0. The standard InChI is InChI=1S/C13H28Cl2Si/c1-11(2,3)16(10(14)15,12(4,5)6)13(7,8)9/h10H,1-9H3. The normalized spacial score (nSPS) is 15.8. The van der Waals surface area contributed by atoms with Crippen molar-refractivity contribution in [1.29, 1.82) is 0 Å². The second kappa shape index (κ2) is 4.48. The van der Waals surface area contributed by atoms with Gasteiger partial charge in [0.15, 0.2) is 0 Å². The fourth-order valence-electron chi connectivity index (χ4n) is 4.36. The Bertz CT molecular complexity index is 202. The maximum Gasteiger partial charge on any atom is 0.109 e. The molecule has 0 unspecified atom stereocenters. The highest BCUT2D eigenvalue weighted by Crippen LogP contribution is 2.64. The molecule has 0 aliphatic rings. The van der Waals surface area contributed by atoms with Gasteiger partial charge in [-0.3, -0.25) is 0 Å². The highest BCUT2D eigenvalue weighted by atomic mass is 35.5. The molecule has 3 heteroatoms. The van der Waals surface area contributed by atoms with Crippen LogP contribution in [0, 0.1) is 0 Å². The smallest absolute Gasteiger partial charge is 0.109 e. The molecule has 0 saturated carbocycles. The van der Waals surface area contributed by atoms with Gasteiger partial charge in [0.2, 0.25) is 0 Å². The fraction of sp³-hybridized carbons (Fsp3) is 1.00. The Kier molecular flexibility index (Phi) is 4.70. The summed E-state index contributed by atoms with van der Waals surface area (Å²) < 4.78 is -0.243. The van der Waals surface area contributed by atoms with Crippen LogP contribution in [0.5, 0.6) is 0 Å². The molecule has 0 rings (SSSR count). The maximum absolute atomic E-state index is 6.48. The van der Waals surface area contributed by atoms with Gasteiger partial charge >= 0.3 is 0 Å². The molecule has 0 nitrogen and oxygen atoms in total. The lowest BCUT2D eigenvalue weighted by atomic mass is 10.2. The maximum atomic E-state index is 6.48. The third-order valence-corrected chi connectivity index (χ3v) is 13.6. The van der Waals surface area contributed by atoms with E-state index in [4.69, 9.17) is 23.2 Å². The van der Waals surface area contributed by atoms with Crippen LogP contribution in [0.25, 0.3) is 0 Å². The van der Waals surface area contributed by atoms with Crippen molar-refractivity contribution in [2.75, 3.05) is 0 Å². The zero-order valence-electron chi connectivity index (χ0n) is 12.3. The summed E-state index contributed by atoms with van der Waals surface area (Å²) in [5, 5.41) is 0.535. The molecule has 0 aromatic rings. The van der Waals surface area contributed by atoms with Crippen molar-refractivity contribution in [2.24, 2.45) is 0 Å². The molecule has 0 radical (unpaired) electrons. The lowest BCUT2D eigenvalue weighted by Crippen LogP contribution is -2.63. The molecule has 0 heterocycles. The first-order chi connectivity index (χ1) is 6.69. The third-order valence-electron chi connectivity index (χ3n) is 3.88. The average molecular weight is 283 g/mol. The predicted molar refractivity (Wildman–Crippen MR) is 80.4 cm³/mol. The van der Waals surface area contributed by atoms with Crippen LogP contribution in [0.3, 0.4) is 0 Å². The van der Waals surface area contributed by atoms with Crippen molar-refractivity contribution in [3.05, 3.63) is 0 Å². The Labute approximate surface area is 113 Å². The zero-order valence-corrected chi connectivity index (χ0v) is 14.8. The van der Waals surface area contributed by atoms with Crippen molar-refractivity contribution >= 4 is 31.3 Å². The Hall–Kier alpha value is 0.797. The molecule has 0 aromatic carbocycles. The molecule has 0 aliphatic carbocycles. The van der Waals surface area contributed by atoms with Crippen LogP contribution < -0.4 is 0 Å². The Balaban J connectivity index is 6.05. The molecule has 0 fully saturated rings. The van der Waals surface area contributed by atoms with E-state index in [1.807, 2.05) is 0 Å². The van der Waals surface area contributed by atoms with E-state index in [0.717, 1.165) is 0 Å². The van der Waals surface area contributed by atoms with Crippen LogP contribution in [0.1, 0.15) is 62.3 Å². The number of hydrogen-bond acceptors (Lipinski definition) is 0. The predicted octanol–water partition coefficient (Wildman–Crippen LogP) is 6.18. The minimum Gasteiger partial charge on any atom is -0.109 e. The summed E-state index contributed by atoms with van der Waals surface area (Å²) in [5.74, 6) is 0. The van der Waals surface area contributed by atoms with Gasteiger partial charge in [0.1, 0.15) is 8.07 Å². The van der Waals surface area contributed by atoms with Crippen molar-refractivity contribution < 1.29 is 0 Å². The van der Waals surface area contributed by atoms with Crippen molar-refractivity contribution in [3.8, 4) is 0 Å². The number of hydrogen-bond donors (Lipinski definition) is 0. The van der Waals surface area contributed by atoms with E-state index in [9.17, 15) is 0 Å². The van der Waals surface area contributed by atoms with Gasteiger partial charge < -0.3 is 0 Å².